The van der Waals surface area contributed by atoms with Gasteiger partial charge in [0.2, 0.25) is 0 Å². The van der Waals surface area contributed by atoms with Gasteiger partial charge < -0.3 is 5.73 Å². The van der Waals surface area contributed by atoms with E-state index in [4.69, 9.17) is 5.73 Å². The second kappa shape index (κ2) is 3.51. The van der Waals surface area contributed by atoms with Gasteiger partial charge in [-0.25, -0.2) is 0 Å². The van der Waals surface area contributed by atoms with Gasteiger partial charge in [-0.3, -0.25) is 0 Å². The molecule has 1 fully saturated rings. The zero-order valence-corrected chi connectivity index (χ0v) is 8.00. The minimum absolute atomic E-state index is 0.735. The summed E-state index contributed by atoms with van der Waals surface area (Å²) in [4.78, 5) is 0. The van der Waals surface area contributed by atoms with Crippen LogP contribution >= 0.6 is 0 Å². The number of nitrogens with two attached hydrogens (primary N) is 1. The third-order valence-electron chi connectivity index (χ3n) is 3.10. The summed E-state index contributed by atoms with van der Waals surface area (Å²) in [7, 11) is 0. The van der Waals surface area contributed by atoms with Crippen molar-refractivity contribution in [2.45, 2.75) is 19.3 Å². The SMILES string of the molecule is C=CCC1=CC=C(CN)C2CC2C1. The van der Waals surface area contributed by atoms with E-state index in [0.717, 1.165) is 24.8 Å². The molecule has 2 unspecified atom stereocenters. The average molecular weight is 175 g/mol. The fourth-order valence-electron chi connectivity index (χ4n) is 2.24. The summed E-state index contributed by atoms with van der Waals surface area (Å²) in [5.41, 5.74) is 8.66. The summed E-state index contributed by atoms with van der Waals surface area (Å²) >= 11 is 0. The van der Waals surface area contributed by atoms with Crippen molar-refractivity contribution < 1.29 is 0 Å². The van der Waals surface area contributed by atoms with Crippen molar-refractivity contribution in [3.63, 3.8) is 0 Å². The predicted molar refractivity (Wildman–Crippen MR) is 56.2 cm³/mol. The van der Waals surface area contributed by atoms with Gasteiger partial charge in [0.05, 0.1) is 0 Å². The molecule has 2 aliphatic carbocycles. The van der Waals surface area contributed by atoms with Crippen LogP contribution in [-0.2, 0) is 0 Å². The van der Waals surface area contributed by atoms with E-state index in [1.807, 2.05) is 6.08 Å². The lowest BCUT2D eigenvalue weighted by Crippen LogP contribution is -2.04. The van der Waals surface area contributed by atoms with Crippen LogP contribution in [0.15, 0.2) is 36.0 Å². The van der Waals surface area contributed by atoms with Gasteiger partial charge in [-0.15, -0.1) is 6.58 Å². The second-order valence-corrected chi connectivity index (χ2v) is 4.07. The molecule has 2 rings (SSSR count). The molecule has 70 valence electrons. The average Bonchev–Trinajstić information content (AvgIpc) is 2.84. The highest BCUT2D eigenvalue weighted by Gasteiger charge is 2.39. The highest BCUT2D eigenvalue weighted by Crippen LogP contribution is 2.49. The van der Waals surface area contributed by atoms with Gasteiger partial charge in [0.25, 0.3) is 0 Å². The Morgan fingerprint density at radius 3 is 3.08 bits per heavy atom. The maximum Gasteiger partial charge on any atom is 0.0142 e. The van der Waals surface area contributed by atoms with Crippen LogP contribution in [0.25, 0.3) is 0 Å². The summed E-state index contributed by atoms with van der Waals surface area (Å²) in [6, 6.07) is 0. The Hall–Kier alpha value is -0.820. The molecule has 0 aromatic heterocycles. The van der Waals surface area contributed by atoms with Crippen molar-refractivity contribution in [2.24, 2.45) is 17.6 Å². The molecule has 0 aromatic rings. The topological polar surface area (TPSA) is 26.0 Å². The van der Waals surface area contributed by atoms with Crippen LogP contribution in [-0.4, -0.2) is 6.54 Å². The smallest absolute Gasteiger partial charge is 0.0142 e. The first-order valence-electron chi connectivity index (χ1n) is 5.04. The fourth-order valence-corrected chi connectivity index (χ4v) is 2.24. The largest absolute Gasteiger partial charge is 0.327 e. The first-order chi connectivity index (χ1) is 6.35. The highest BCUT2D eigenvalue weighted by atomic mass is 14.6. The van der Waals surface area contributed by atoms with Crippen LogP contribution in [0.3, 0.4) is 0 Å². The second-order valence-electron chi connectivity index (χ2n) is 4.07. The first-order valence-corrected chi connectivity index (χ1v) is 5.04. The Bertz CT molecular complexity index is 273. The summed E-state index contributed by atoms with van der Waals surface area (Å²) in [6.45, 7) is 4.51. The molecule has 1 heteroatoms. The van der Waals surface area contributed by atoms with Crippen LogP contribution in [0.1, 0.15) is 19.3 Å². The van der Waals surface area contributed by atoms with Gasteiger partial charge >= 0.3 is 0 Å². The molecule has 13 heavy (non-hydrogen) atoms. The van der Waals surface area contributed by atoms with Crippen molar-refractivity contribution in [1.82, 2.24) is 0 Å². The normalized spacial score (nSPS) is 31.2. The standard InChI is InChI=1S/C12H17N/c1-2-3-9-4-5-10(8-13)12-7-11(12)6-9/h2,4-5,11-12H,1,3,6-8,13H2. The predicted octanol–water partition coefficient (Wildman–Crippen LogP) is 2.41. The van der Waals surface area contributed by atoms with Gasteiger partial charge in [0.1, 0.15) is 0 Å². The zero-order chi connectivity index (χ0) is 9.26. The monoisotopic (exact) mass is 175 g/mol. The molecule has 0 radical (unpaired) electrons. The lowest BCUT2D eigenvalue weighted by molar-refractivity contribution is 0.744. The molecule has 0 aliphatic heterocycles. The van der Waals surface area contributed by atoms with E-state index >= 15 is 0 Å². The van der Waals surface area contributed by atoms with Gasteiger partial charge in [-0.2, -0.15) is 0 Å². The van der Waals surface area contributed by atoms with Crippen molar-refractivity contribution in [2.75, 3.05) is 6.54 Å². The maximum atomic E-state index is 5.69. The van der Waals surface area contributed by atoms with E-state index in [0.29, 0.717) is 0 Å². The Kier molecular flexibility index (Phi) is 2.36. The molecule has 2 atom stereocenters. The molecule has 0 heterocycles. The lowest BCUT2D eigenvalue weighted by atomic mass is 10.1. The molecule has 0 spiro atoms. The van der Waals surface area contributed by atoms with Crippen LogP contribution in [0, 0.1) is 11.8 Å². The van der Waals surface area contributed by atoms with Crippen LogP contribution in [0.2, 0.25) is 0 Å². The van der Waals surface area contributed by atoms with E-state index in [-0.39, 0.29) is 0 Å². The minimum atomic E-state index is 0.735. The zero-order valence-electron chi connectivity index (χ0n) is 8.00. The van der Waals surface area contributed by atoms with E-state index in [9.17, 15) is 0 Å². The van der Waals surface area contributed by atoms with Crippen LogP contribution in [0.5, 0.6) is 0 Å². The minimum Gasteiger partial charge on any atom is -0.327 e. The molecule has 1 nitrogen and oxygen atoms in total. The number of rotatable bonds is 3. The number of hydrogen-bond donors (Lipinski definition) is 1. The molecule has 2 N–H and O–H groups in total. The fraction of sp³-hybridized carbons (Fsp3) is 0.500. The molecular weight excluding hydrogens is 158 g/mol. The van der Waals surface area contributed by atoms with Crippen molar-refractivity contribution in [3.8, 4) is 0 Å². The third-order valence-corrected chi connectivity index (χ3v) is 3.10. The third kappa shape index (κ3) is 1.75. The Labute approximate surface area is 80.0 Å². The van der Waals surface area contributed by atoms with Crippen molar-refractivity contribution in [1.29, 1.82) is 0 Å². The van der Waals surface area contributed by atoms with Crippen LogP contribution in [0.4, 0.5) is 0 Å². The Morgan fingerprint density at radius 2 is 2.38 bits per heavy atom. The summed E-state index contributed by atoms with van der Waals surface area (Å²) < 4.78 is 0. The molecule has 0 amide bonds. The first kappa shape index (κ1) is 8.76. The number of fused-ring (bicyclic) bond motifs is 1. The molecule has 0 saturated heterocycles. The van der Waals surface area contributed by atoms with E-state index < -0.39 is 0 Å². The molecule has 2 aliphatic rings. The maximum absolute atomic E-state index is 5.69. The Balaban J connectivity index is 2.11. The summed E-state index contributed by atoms with van der Waals surface area (Å²) in [5.74, 6) is 1.70. The van der Waals surface area contributed by atoms with Gasteiger partial charge in [-0.05, 0) is 31.1 Å². The number of allylic oxidation sites excluding steroid dienone is 4. The van der Waals surface area contributed by atoms with Gasteiger partial charge in [0, 0.05) is 6.54 Å². The van der Waals surface area contributed by atoms with E-state index in [1.54, 1.807) is 0 Å². The molecule has 1 saturated carbocycles. The van der Waals surface area contributed by atoms with Crippen LogP contribution < -0.4 is 5.73 Å². The lowest BCUT2D eigenvalue weighted by Gasteiger charge is -2.00. The number of hydrogen-bond acceptors (Lipinski definition) is 1. The molecular formula is C12H17N. The van der Waals surface area contributed by atoms with Gasteiger partial charge in [-0.1, -0.05) is 29.4 Å². The molecule has 0 aromatic carbocycles. The highest BCUT2D eigenvalue weighted by molar-refractivity contribution is 5.30. The van der Waals surface area contributed by atoms with Crippen molar-refractivity contribution in [3.05, 3.63) is 36.0 Å². The quantitative estimate of drug-likeness (QED) is 0.655. The van der Waals surface area contributed by atoms with Gasteiger partial charge in [0.15, 0.2) is 0 Å². The Morgan fingerprint density at radius 1 is 1.54 bits per heavy atom. The molecule has 0 bridgehead atoms. The summed E-state index contributed by atoms with van der Waals surface area (Å²) in [5, 5.41) is 0. The van der Waals surface area contributed by atoms with E-state index in [2.05, 4.69) is 18.7 Å². The van der Waals surface area contributed by atoms with E-state index in [1.165, 1.54) is 24.0 Å². The summed E-state index contributed by atoms with van der Waals surface area (Å²) in [6.07, 6.45) is 10.1. The van der Waals surface area contributed by atoms with Crippen molar-refractivity contribution >= 4 is 0 Å².